The molecule has 0 spiro atoms. The molecule has 0 aliphatic rings. The highest BCUT2D eigenvalue weighted by atomic mass is 35.5. The first kappa shape index (κ1) is 16.4. The van der Waals surface area contributed by atoms with Gasteiger partial charge in [-0.2, -0.15) is 0 Å². The number of nitrogens with zero attached hydrogens (tertiary/aromatic N) is 1. The maximum atomic E-state index is 12.2. The number of halogens is 1. The fourth-order valence-electron chi connectivity index (χ4n) is 2.17. The quantitative estimate of drug-likeness (QED) is 0.358. The third-order valence-corrected chi connectivity index (χ3v) is 4.60. The lowest BCUT2D eigenvalue weighted by Crippen LogP contribution is -2.08. The number of carbonyl (C=O) groups excluding carboxylic acids is 1. The number of carbonyl (C=O) groups is 1. The van der Waals surface area contributed by atoms with E-state index in [0.717, 1.165) is 10.4 Å². The minimum absolute atomic E-state index is 0.299. The summed E-state index contributed by atoms with van der Waals surface area (Å²) in [6.07, 6.45) is 0.581. The van der Waals surface area contributed by atoms with Crippen molar-refractivity contribution in [1.82, 2.24) is 0 Å². The van der Waals surface area contributed by atoms with Crippen LogP contribution in [0.3, 0.4) is 0 Å². The molecule has 24 heavy (non-hydrogen) atoms. The Balaban J connectivity index is 1.82. The molecule has 120 valence electrons. The molecule has 0 fully saturated rings. The van der Waals surface area contributed by atoms with Crippen LogP contribution >= 0.6 is 22.9 Å². The standard InChI is InChI=1S/C19H14ClNO2S/c20-16-10-5-4-9-15(16)19(22)23-21-17(18-11-6-12-24-18)13-14-7-2-1-3-8-14/h1-12H,13H2/b21-17+. The van der Waals surface area contributed by atoms with Gasteiger partial charge in [0.05, 0.1) is 15.5 Å². The van der Waals surface area contributed by atoms with Crippen molar-refractivity contribution in [1.29, 1.82) is 0 Å². The van der Waals surface area contributed by atoms with E-state index in [-0.39, 0.29) is 0 Å². The van der Waals surface area contributed by atoms with Gasteiger partial charge in [0.15, 0.2) is 0 Å². The summed E-state index contributed by atoms with van der Waals surface area (Å²) in [4.78, 5) is 18.3. The Bertz CT molecular complexity index is 845. The first-order valence-electron chi connectivity index (χ1n) is 7.34. The first-order chi connectivity index (χ1) is 11.7. The van der Waals surface area contributed by atoms with Crippen molar-refractivity contribution in [2.24, 2.45) is 5.16 Å². The van der Waals surface area contributed by atoms with E-state index in [1.165, 1.54) is 0 Å². The Morgan fingerprint density at radius 1 is 1.00 bits per heavy atom. The highest BCUT2D eigenvalue weighted by Gasteiger charge is 2.13. The molecule has 0 bridgehead atoms. The van der Waals surface area contributed by atoms with E-state index >= 15 is 0 Å². The van der Waals surface area contributed by atoms with E-state index in [4.69, 9.17) is 16.4 Å². The summed E-state index contributed by atoms with van der Waals surface area (Å²) in [5.41, 5.74) is 2.10. The van der Waals surface area contributed by atoms with Crippen LogP contribution in [0.5, 0.6) is 0 Å². The van der Waals surface area contributed by atoms with E-state index < -0.39 is 5.97 Å². The average molecular weight is 356 g/mol. The summed E-state index contributed by atoms with van der Waals surface area (Å²) in [6, 6.07) is 20.6. The van der Waals surface area contributed by atoms with E-state index in [2.05, 4.69) is 5.16 Å². The van der Waals surface area contributed by atoms with Gasteiger partial charge >= 0.3 is 5.97 Å². The molecule has 3 aromatic rings. The zero-order valence-electron chi connectivity index (χ0n) is 12.7. The largest absolute Gasteiger partial charge is 0.367 e. The topological polar surface area (TPSA) is 38.7 Å². The van der Waals surface area contributed by atoms with Crippen molar-refractivity contribution in [2.75, 3.05) is 0 Å². The molecule has 5 heteroatoms. The second kappa shape index (κ2) is 7.90. The zero-order valence-corrected chi connectivity index (χ0v) is 14.3. The summed E-state index contributed by atoms with van der Waals surface area (Å²) in [5, 5.41) is 6.41. The molecule has 3 nitrogen and oxygen atoms in total. The maximum absolute atomic E-state index is 12.2. The Labute approximate surface area is 149 Å². The molecule has 0 N–H and O–H groups in total. The van der Waals surface area contributed by atoms with Crippen molar-refractivity contribution >= 4 is 34.6 Å². The number of thiophene rings is 1. The third kappa shape index (κ3) is 4.10. The van der Waals surface area contributed by atoms with Gasteiger partial charge in [0.1, 0.15) is 5.71 Å². The van der Waals surface area contributed by atoms with Gasteiger partial charge in [-0.1, -0.05) is 65.3 Å². The molecule has 2 aromatic carbocycles. The van der Waals surface area contributed by atoms with Crippen molar-refractivity contribution < 1.29 is 9.63 Å². The minimum atomic E-state index is -0.567. The second-order valence-electron chi connectivity index (χ2n) is 5.04. The lowest BCUT2D eigenvalue weighted by molar-refractivity contribution is 0.0516. The zero-order chi connectivity index (χ0) is 16.8. The number of hydrogen-bond acceptors (Lipinski definition) is 4. The van der Waals surface area contributed by atoms with Crippen LogP contribution < -0.4 is 0 Å². The minimum Gasteiger partial charge on any atom is -0.312 e. The molecule has 0 radical (unpaired) electrons. The van der Waals surface area contributed by atoms with Crippen molar-refractivity contribution in [3.05, 3.63) is 93.1 Å². The van der Waals surface area contributed by atoms with Gasteiger partial charge in [-0.05, 0) is 29.1 Å². The monoisotopic (exact) mass is 355 g/mol. The smallest absolute Gasteiger partial charge is 0.312 e. The van der Waals surface area contributed by atoms with Crippen LogP contribution in [0.2, 0.25) is 5.02 Å². The van der Waals surface area contributed by atoms with Gasteiger partial charge in [0.25, 0.3) is 0 Å². The number of oxime groups is 1. The highest BCUT2D eigenvalue weighted by Crippen LogP contribution is 2.18. The third-order valence-electron chi connectivity index (χ3n) is 3.35. The van der Waals surface area contributed by atoms with E-state index in [9.17, 15) is 4.79 Å². The van der Waals surface area contributed by atoms with Crippen LogP contribution in [0, 0.1) is 0 Å². The lowest BCUT2D eigenvalue weighted by Gasteiger charge is -2.05. The molecule has 0 saturated heterocycles. The highest BCUT2D eigenvalue weighted by molar-refractivity contribution is 7.12. The summed E-state index contributed by atoms with van der Waals surface area (Å²) in [5.74, 6) is -0.567. The molecular formula is C19H14ClNO2S. The number of rotatable bonds is 5. The molecule has 1 aromatic heterocycles. The van der Waals surface area contributed by atoms with Crippen molar-refractivity contribution in [3.63, 3.8) is 0 Å². The molecule has 1 heterocycles. The first-order valence-corrected chi connectivity index (χ1v) is 8.60. The van der Waals surface area contributed by atoms with Gasteiger partial charge in [0, 0.05) is 6.42 Å². The van der Waals surface area contributed by atoms with Crippen LogP contribution in [-0.2, 0) is 11.3 Å². The summed E-state index contributed by atoms with van der Waals surface area (Å²) < 4.78 is 0. The maximum Gasteiger partial charge on any atom is 0.367 e. The second-order valence-corrected chi connectivity index (χ2v) is 6.39. The average Bonchev–Trinajstić information content (AvgIpc) is 3.14. The van der Waals surface area contributed by atoms with Gasteiger partial charge < -0.3 is 4.84 Å². The van der Waals surface area contributed by atoms with E-state index in [0.29, 0.717) is 22.7 Å². The Morgan fingerprint density at radius 2 is 1.75 bits per heavy atom. The Morgan fingerprint density at radius 3 is 2.46 bits per heavy atom. The van der Waals surface area contributed by atoms with Crippen LogP contribution in [-0.4, -0.2) is 11.7 Å². The van der Waals surface area contributed by atoms with Gasteiger partial charge in [-0.25, -0.2) is 4.79 Å². The molecule has 0 aliphatic carbocycles. The van der Waals surface area contributed by atoms with Gasteiger partial charge in [-0.3, -0.25) is 0 Å². The molecule has 0 amide bonds. The normalized spacial score (nSPS) is 11.3. The fourth-order valence-corrected chi connectivity index (χ4v) is 3.09. The van der Waals surface area contributed by atoms with Crippen molar-refractivity contribution in [3.8, 4) is 0 Å². The number of benzene rings is 2. The van der Waals surface area contributed by atoms with Crippen molar-refractivity contribution in [2.45, 2.75) is 6.42 Å². The van der Waals surface area contributed by atoms with E-state index in [1.54, 1.807) is 35.6 Å². The molecule has 0 saturated carbocycles. The van der Waals surface area contributed by atoms with Crippen LogP contribution in [0.15, 0.2) is 77.3 Å². The van der Waals surface area contributed by atoms with Gasteiger partial charge in [-0.15, -0.1) is 11.3 Å². The Kier molecular flexibility index (Phi) is 5.41. The molecule has 3 rings (SSSR count). The lowest BCUT2D eigenvalue weighted by atomic mass is 10.1. The summed E-state index contributed by atoms with van der Waals surface area (Å²) in [6.45, 7) is 0. The Hall–Kier alpha value is -2.43. The molecule has 0 unspecified atom stereocenters. The summed E-state index contributed by atoms with van der Waals surface area (Å²) in [7, 11) is 0. The predicted octanol–water partition coefficient (Wildman–Crippen LogP) is 5.21. The molecule has 0 aliphatic heterocycles. The van der Waals surface area contributed by atoms with Crippen LogP contribution in [0.4, 0.5) is 0 Å². The van der Waals surface area contributed by atoms with Crippen LogP contribution in [0.25, 0.3) is 0 Å². The SMILES string of the molecule is O=C(O/N=C(\Cc1ccccc1)c1cccs1)c1ccccc1Cl. The molecular weight excluding hydrogens is 342 g/mol. The van der Waals surface area contributed by atoms with E-state index in [1.807, 2.05) is 47.8 Å². The fraction of sp³-hybridized carbons (Fsp3) is 0.0526. The summed E-state index contributed by atoms with van der Waals surface area (Å²) >= 11 is 7.57. The van der Waals surface area contributed by atoms with Crippen LogP contribution in [0.1, 0.15) is 20.8 Å². The predicted molar refractivity (Wildman–Crippen MR) is 97.9 cm³/mol. The number of hydrogen-bond donors (Lipinski definition) is 0. The van der Waals surface area contributed by atoms with Gasteiger partial charge in [0.2, 0.25) is 0 Å². The molecule has 0 atom stereocenters.